The molecule has 1 aromatic carbocycles. The molecule has 0 fully saturated rings. The van der Waals surface area contributed by atoms with Crippen molar-refractivity contribution in [2.75, 3.05) is 6.54 Å². The molecule has 1 N–H and O–H groups in total. The first-order valence-corrected chi connectivity index (χ1v) is 6.32. The number of fused-ring (bicyclic) bond motifs is 1. The Hall–Kier alpha value is -0.440. The summed E-state index contributed by atoms with van der Waals surface area (Å²) in [6.07, 6.45) is 1.09. The summed E-state index contributed by atoms with van der Waals surface area (Å²) in [6.45, 7) is 5.08. The highest BCUT2D eigenvalue weighted by Gasteiger charge is 2.34. The van der Waals surface area contributed by atoms with Gasteiger partial charge in [0.25, 0.3) is 0 Å². The summed E-state index contributed by atoms with van der Waals surface area (Å²) < 4.78 is 5.85. The maximum absolute atomic E-state index is 6.22. The van der Waals surface area contributed by atoms with Crippen LogP contribution in [-0.4, -0.2) is 12.6 Å². The van der Waals surface area contributed by atoms with E-state index in [9.17, 15) is 0 Å². The fraction of sp³-hybridized carbons (Fsp3) is 0.500. The van der Waals surface area contributed by atoms with E-state index in [-0.39, 0.29) is 12.1 Å². The molecule has 1 aromatic rings. The first-order chi connectivity index (χ1) is 7.67. The summed E-state index contributed by atoms with van der Waals surface area (Å²) in [4.78, 5) is 0. The van der Waals surface area contributed by atoms with Crippen molar-refractivity contribution in [2.24, 2.45) is 0 Å². The number of ether oxygens (including phenoxy) is 1. The average molecular weight is 260 g/mol. The molecule has 2 atom stereocenters. The normalized spacial score (nSPS) is 23.0. The molecule has 2 rings (SSSR count). The summed E-state index contributed by atoms with van der Waals surface area (Å²) in [6, 6.07) is 3.78. The maximum Gasteiger partial charge on any atom is 0.127 e. The van der Waals surface area contributed by atoms with Gasteiger partial charge in [-0.2, -0.15) is 0 Å². The third-order valence-electron chi connectivity index (χ3n) is 2.84. The van der Waals surface area contributed by atoms with Crippen LogP contribution in [0.3, 0.4) is 0 Å². The predicted octanol–water partition coefficient (Wildman–Crippen LogP) is 3.82. The van der Waals surface area contributed by atoms with Crippen molar-refractivity contribution in [2.45, 2.75) is 32.4 Å². The van der Waals surface area contributed by atoms with Crippen LogP contribution in [0.2, 0.25) is 10.0 Å². The van der Waals surface area contributed by atoms with Crippen molar-refractivity contribution in [3.05, 3.63) is 27.7 Å². The molecule has 16 heavy (non-hydrogen) atoms. The van der Waals surface area contributed by atoms with Crippen molar-refractivity contribution < 1.29 is 4.74 Å². The lowest BCUT2D eigenvalue weighted by molar-refractivity contribution is 0.186. The van der Waals surface area contributed by atoms with Crippen LogP contribution in [-0.2, 0) is 0 Å². The third-order valence-corrected chi connectivity index (χ3v) is 3.37. The molecule has 0 radical (unpaired) electrons. The standard InChI is InChI=1S/C12H15Cl2NO/c1-3-9-12(15-4-2)11-8(14)5-7(13)6-10(11)16-9/h5-6,9,12,15H,3-4H2,1-2H3. The highest BCUT2D eigenvalue weighted by atomic mass is 35.5. The second-order valence-corrected chi connectivity index (χ2v) is 4.74. The molecule has 0 spiro atoms. The molecule has 1 aliphatic rings. The minimum absolute atomic E-state index is 0.144. The Morgan fingerprint density at radius 2 is 2.06 bits per heavy atom. The van der Waals surface area contributed by atoms with Crippen molar-refractivity contribution in [1.29, 1.82) is 0 Å². The van der Waals surface area contributed by atoms with Gasteiger partial charge in [-0.15, -0.1) is 0 Å². The number of rotatable bonds is 3. The van der Waals surface area contributed by atoms with Crippen LogP contribution in [0.5, 0.6) is 5.75 Å². The summed E-state index contributed by atoms with van der Waals surface area (Å²) in [7, 11) is 0. The van der Waals surface area contributed by atoms with Crippen LogP contribution in [0.25, 0.3) is 0 Å². The quantitative estimate of drug-likeness (QED) is 0.892. The van der Waals surface area contributed by atoms with Gasteiger partial charge >= 0.3 is 0 Å². The topological polar surface area (TPSA) is 21.3 Å². The minimum atomic E-state index is 0.144. The van der Waals surface area contributed by atoms with Gasteiger partial charge in [0.05, 0.1) is 11.1 Å². The molecular weight excluding hydrogens is 245 g/mol. The molecule has 1 heterocycles. The number of hydrogen-bond acceptors (Lipinski definition) is 2. The summed E-state index contributed by atoms with van der Waals surface area (Å²) in [5, 5.41) is 4.72. The molecule has 88 valence electrons. The van der Waals surface area contributed by atoms with Crippen molar-refractivity contribution in [3.63, 3.8) is 0 Å². The van der Waals surface area contributed by atoms with Gasteiger partial charge in [0, 0.05) is 10.6 Å². The fourth-order valence-corrected chi connectivity index (χ4v) is 2.74. The van der Waals surface area contributed by atoms with E-state index in [0.717, 1.165) is 24.3 Å². The Labute approximate surface area is 106 Å². The molecule has 0 saturated carbocycles. The zero-order chi connectivity index (χ0) is 11.7. The lowest BCUT2D eigenvalue weighted by Crippen LogP contribution is -2.30. The van der Waals surface area contributed by atoms with Crippen LogP contribution in [0.4, 0.5) is 0 Å². The van der Waals surface area contributed by atoms with Gasteiger partial charge in [0.1, 0.15) is 11.9 Å². The fourth-order valence-electron chi connectivity index (χ4n) is 2.15. The molecule has 0 aliphatic carbocycles. The van der Waals surface area contributed by atoms with Crippen molar-refractivity contribution in [3.8, 4) is 5.75 Å². The maximum atomic E-state index is 6.22. The second kappa shape index (κ2) is 4.82. The molecule has 2 unspecified atom stereocenters. The SMILES string of the molecule is CCNC1c2c(Cl)cc(Cl)cc2OC1CC. The van der Waals surface area contributed by atoms with E-state index in [1.165, 1.54) is 0 Å². The predicted molar refractivity (Wildman–Crippen MR) is 67.6 cm³/mol. The molecular formula is C12H15Cl2NO. The van der Waals surface area contributed by atoms with E-state index in [1.807, 2.05) is 6.07 Å². The number of nitrogens with one attached hydrogen (secondary N) is 1. The van der Waals surface area contributed by atoms with Crippen molar-refractivity contribution in [1.82, 2.24) is 5.32 Å². The van der Waals surface area contributed by atoms with Crippen LogP contribution in [0.1, 0.15) is 31.9 Å². The Morgan fingerprint density at radius 3 is 2.69 bits per heavy atom. The Kier molecular flexibility index (Phi) is 3.63. The van der Waals surface area contributed by atoms with Gasteiger partial charge in [-0.05, 0) is 25.1 Å². The smallest absolute Gasteiger partial charge is 0.127 e. The van der Waals surface area contributed by atoms with E-state index in [2.05, 4.69) is 19.2 Å². The molecule has 0 amide bonds. The summed E-state index contributed by atoms with van der Waals surface area (Å²) >= 11 is 12.2. The summed E-state index contributed by atoms with van der Waals surface area (Å²) in [5.74, 6) is 0.815. The third kappa shape index (κ3) is 2.02. The van der Waals surface area contributed by atoms with E-state index < -0.39 is 0 Å². The van der Waals surface area contributed by atoms with Gasteiger partial charge in [0.15, 0.2) is 0 Å². The van der Waals surface area contributed by atoms with E-state index in [1.54, 1.807) is 6.07 Å². The highest BCUT2D eigenvalue weighted by Crippen LogP contribution is 2.43. The van der Waals surface area contributed by atoms with E-state index >= 15 is 0 Å². The zero-order valence-corrected chi connectivity index (χ0v) is 10.9. The lowest BCUT2D eigenvalue weighted by Gasteiger charge is -2.18. The average Bonchev–Trinajstić information content (AvgIpc) is 2.57. The monoisotopic (exact) mass is 259 g/mol. The summed E-state index contributed by atoms with van der Waals surface area (Å²) in [5.41, 5.74) is 1.04. The van der Waals surface area contributed by atoms with Gasteiger partial charge < -0.3 is 10.1 Å². The largest absolute Gasteiger partial charge is 0.488 e. The Bertz CT molecular complexity index is 395. The molecule has 2 nitrogen and oxygen atoms in total. The first-order valence-electron chi connectivity index (χ1n) is 5.56. The number of halogens is 2. The molecule has 4 heteroatoms. The van der Waals surface area contributed by atoms with Crippen molar-refractivity contribution >= 4 is 23.2 Å². The van der Waals surface area contributed by atoms with Crippen LogP contribution >= 0.6 is 23.2 Å². The first kappa shape index (κ1) is 12.0. The lowest BCUT2D eigenvalue weighted by atomic mass is 10.0. The Morgan fingerprint density at radius 1 is 1.31 bits per heavy atom. The number of benzene rings is 1. The highest BCUT2D eigenvalue weighted by molar-refractivity contribution is 6.35. The van der Waals surface area contributed by atoms with Gasteiger partial charge in [-0.25, -0.2) is 0 Å². The molecule has 1 aliphatic heterocycles. The number of likely N-dealkylation sites (N-methyl/N-ethyl adjacent to an activating group) is 1. The molecule has 0 bridgehead atoms. The minimum Gasteiger partial charge on any atom is -0.488 e. The zero-order valence-electron chi connectivity index (χ0n) is 9.39. The van der Waals surface area contributed by atoms with Gasteiger partial charge in [-0.3, -0.25) is 0 Å². The molecule has 0 saturated heterocycles. The van der Waals surface area contributed by atoms with E-state index in [4.69, 9.17) is 27.9 Å². The van der Waals surface area contributed by atoms with Crippen LogP contribution in [0, 0.1) is 0 Å². The van der Waals surface area contributed by atoms with Gasteiger partial charge in [0.2, 0.25) is 0 Å². The van der Waals surface area contributed by atoms with Crippen LogP contribution in [0.15, 0.2) is 12.1 Å². The van der Waals surface area contributed by atoms with Gasteiger partial charge in [-0.1, -0.05) is 37.0 Å². The second-order valence-electron chi connectivity index (χ2n) is 3.90. The van der Waals surface area contributed by atoms with Crippen LogP contribution < -0.4 is 10.1 Å². The molecule has 0 aromatic heterocycles. The number of hydrogen-bond donors (Lipinski definition) is 1. The Balaban J connectivity index is 2.41. The van der Waals surface area contributed by atoms with E-state index in [0.29, 0.717) is 10.0 Å².